The van der Waals surface area contributed by atoms with Gasteiger partial charge < -0.3 is 5.32 Å². The third kappa shape index (κ3) is 3.65. The average Bonchev–Trinajstić information content (AvgIpc) is 2.22. The Bertz CT molecular complexity index is 330. The summed E-state index contributed by atoms with van der Waals surface area (Å²) in [5.74, 6) is 0.638. The number of hydrogen-bond donors (Lipinski definition) is 1. The Balaban J connectivity index is 2.68. The molecule has 0 spiro atoms. The normalized spacial score (nSPS) is 14.7. The van der Waals surface area contributed by atoms with Gasteiger partial charge in [-0.05, 0) is 34.8 Å². The lowest BCUT2D eigenvalue weighted by Gasteiger charge is -2.21. The molecule has 0 saturated heterocycles. The van der Waals surface area contributed by atoms with Gasteiger partial charge in [0.2, 0.25) is 0 Å². The first-order valence-electron chi connectivity index (χ1n) is 5.12. The summed E-state index contributed by atoms with van der Waals surface area (Å²) in [5.41, 5.74) is 0.999. The molecule has 2 unspecified atom stereocenters. The Morgan fingerprint density at radius 1 is 1.53 bits per heavy atom. The van der Waals surface area contributed by atoms with Crippen LogP contribution in [-0.2, 0) is 0 Å². The molecule has 84 valence electrons. The van der Waals surface area contributed by atoms with E-state index in [2.05, 4.69) is 47.0 Å². The zero-order chi connectivity index (χ0) is 11.4. The largest absolute Gasteiger partial charge is 0.381 e. The minimum atomic E-state index is 0.435. The van der Waals surface area contributed by atoms with Gasteiger partial charge in [0.1, 0.15) is 5.15 Å². The highest BCUT2D eigenvalue weighted by Gasteiger charge is 2.10. The lowest BCUT2D eigenvalue weighted by molar-refractivity contribution is 0.494. The maximum Gasteiger partial charge on any atom is 0.143 e. The van der Waals surface area contributed by atoms with Crippen molar-refractivity contribution in [2.24, 2.45) is 5.92 Å². The molecule has 1 rings (SSSR count). The van der Waals surface area contributed by atoms with E-state index in [9.17, 15) is 0 Å². The molecule has 0 amide bonds. The van der Waals surface area contributed by atoms with E-state index in [1.807, 2.05) is 6.07 Å². The van der Waals surface area contributed by atoms with Gasteiger partial charge in [0, 0.05) is 6.04 Å². The second kappa shape index (κ2) is 5.71. The molecular formula is C11H16BrClN2. The van der Waals surface area contributed by atoms with Crippen LogP contribution in [0, 0.1) is 5.92 Å². The van der Waals surface area contributed by atoms with Gasteiger partial charge in [-0.2, -0.15) is 0 Å². The number of nitrogens with zero attached hydrogens (tertiary/aromatic N) is 1. The van der Waals surface area contributed by atoms with E-state index >= 15 is 0 Å². The van der Waals surface area contributed by atoms with Gasteiger partial charge in [0.15, 0.2) is 0 Å². The molecule has 1 heterocycles. The van der Waals surface area contributed by atoms with Gasteiger partial charge in [-0.1, -0.05) is 31.9 Å². The van der Waals surface area contributed by atoms with Crippen LogP contribution >= 0.6 is 27.5 Å². The average molecular weight is 292 g/mol. The molecule has 0 radical (unpaired) electrons. The predicted octanol–water partition coefficient (Wildman–Crippen LogP) is 4.34. The van der Waals surface area contributed by atoms with Crippen LogP contribution < -0.4 is 5.32 Å². The van der Waals surface area contributed by atoms with Crippen molar-refractivity contribution in [2.75, 3.05) is 5.32 Å². The lowest BCUT2D eigenvalue weighted by atomic mass is 10.0. The van der Waals surface area contributed by atoms with E-state index in [1.54, 1.807) is 6.20 Å². The van der Waals surface area contributed by atoms with Gasteiger partial charge >= 0.3 is 0 Å². The molecule has 0 aromatic carbocycles. The van der Waals surface area contributed by atoms with Gasteiger partial charge in [0.25, 0.3) is 0 Å². The van der Waals surface area contributed by atoms with Crippen LogP contribution in [0.2, 0.25) is 5.15 Å². The van der Waals surface area contributed by atoms with Crippen LogP contribution in [0.25, 0.3) is 0 Å². The molecule has 0 aliphatic rings. The highest BCUT2D eigenvalue weighted by Crippen LogP contribution is 2.24. The zero-order valence-corrected chi connectivity index (χ0v) is 11.6. The van der Waals surface area contributed by atoms with Gasteiger partial charge in [-0.3, -0.25) is 0 Å². The first kappa shape index (κ1) is 12.8. The van der Waals surface area contributed by atoms with Gasteiger partial charge in [-0.25, -0.2) is 4.98 Å². The van der Waals surface area contributed by atoms with Crippen LogP contribution in [-0.4, -0.2) is 11.0 Å². The van der Waals surface area contributed by atoms with E-state index < -0.39 is 0 Å². The topological polar surface area (TPSA) is 24.9 Å². The fourth-order valence-corrected chi connectivity index (χ4v) is 1.71. The number of anilines is 1. The quantitative estimate of drug-likeness (QED) is 0.835. The summed E-state index contributed by atoms with van der Waals surface area (Å²) in [6, 6.07) is 2.39. The molecule has 0 bridgehead atoms. The highest BCUT2D eigenvalue weighted by atomic mass is 79.9. The van der Waals surface area contributed by atoms with Crippen LogP contribution in [0.15, 0.2) is 16.7 Å². The summed E-state index contributed by atoms with van der Waals surface area (Å²) in [4.78, 5) is 4.07. The van der Waals surface area contributed by atoms with Crippen molar-refractivity contribution in [3.63, 3.8) is 0 Å². The minimum Gasteiger partial charge on any atom is -0.381 e. The molecule has 1 aromatic heterocycles. The van der Waals surface area contributed by atoms with Crippen molar-refractivity contribution in [2.45, 2.75) is 33.2 Å². The monoisotopic (exact) mass is 290 g/mol. The second-order valence-electron chi connectivity index (χ2n) is 3.82. The van der Waals surface area contributed by atoms with Crippen LogP contribution in [0.1, 0.15) is 27.2 Å². The smallest absolute Gasteiger partial charge is 0.143 e. The number of pyridine rings is 1. The Morgan fingerprint density at radius 2 is 2.20 bits per heavy atom. The molecule has 0 saturated carbocycles. The summed E-state index contributed by atoms with van der Waals surface area (Å²) >= 11 is 9.18. The second-order valence-corrected chi connectivity index (χ2v) is 5.03. The van der Waals surface area contributed by atoms with Crippen LogP contribution in [0.4, 0.5) is 5.69 Å². The van der Waals surface area contributed by atoms with E-state index in [0.717, 1.165) is 16.6 Å². The third-order valence-corrected chi connectivity index (χ3v) is 3.82. The Morgan fingerprint density at radius 3 is 2.73 bits per heavy atom. The minimum absolute atomic E-state index is 0.435. The summed E-state index contributed by atoms with van der Waals surface area (Å²) in [6.07, 6.45) is 2.92. The van der Waals surface area contributed by atoms with Crippen molar-refractivity contribution in [3.05, 3.63) is 21.9 Å². The molecule has 2 nitrogen and oxygen atoms in total. The SMILES string of the molecule is CCC(C)C(C)Nc1cnc(Cl)c(Br)c1. The molecule has 0 aliphatic heterocycles. The summed E-state index contributed by atoms with van der Waals surface area (Å²) < 4.78 is 0.825. The maximum absolute atomic E-state index is 5.82. The third-order valence-electron chi connectivity index (χ3n) is 2.69. The first-order chi connectivity index (χ1) is 7.04. The Hall–Kier alpha value is -0.280. The van der Waals surface area contributed by atoms with E-state index in [1.165, 1.54) is 0 Å². The zero-order valence-electron chi connectivity index (χ0n) is 9.22. The standard InChI is InChI=1S/C11H16BrClN2/c1-4-7(2)8(3)15-9-5-10(12)11(13)14-6-9/h5-8,15H,4H2,1-3H3. The number of rotatable bonds is 4. The molecule has 0 aliphatic carbocycles. The van der Waals surface area contributed by atoms with Crippen molar-refractivity contribution in [1.82, 2.24) is 4.98 Å². The molecule has 0 fully saturated rings. The van der Waals surface area contributed by atoms with Crippen LogP contribution in [0.5, 0.6) is 0 Å². The number of hydrogen-bond acceptors (Lipinski definition) is 2. The fourth-order valence-electron chi connectivity index (χ4n) is 1.26. The maximum atomic E-state index is 5.82. The van der Waals surface area contributed by atoms with Crippen molar-refractivity contribution in [1.29, 1.82) is 0 Å². The molecular weight excluding hydrogens is 275 g/mol. The summed E-state index contributed by atoms with van der Waals surface area (Å²) in [7, 11) is 0. The lowest BCUT2D eigenvalue weighted by Crippen LogP contribution is -2.23. The van der Waals surface area contributed by atoms with E-state index in [-0.39, 0.29) is 0 Å². The number of nitrogens with one attached hydrogen (secondary N) is 1. The fraction of sp³-hybridized carbons (Fsp3) is 0.545. The van der Waals surface area contributed by atoms with E-state index in [4.69, 9.17) is 11.6 Å². The summed E-state index contributed by atoms with van der Waals surface area (Å²) in [5, 5.41) is 3.91. The Labute approximate surface area is 105 Å². The van der Waals surface area contributed by atoms with Gasteiger partial charge in [0.05, 0.1) is 16.4 Å². The van der Waals surface area contributed by atoms with E-state index in [0.29, 0.717) is 17.1 Å². The highest BCUT2D eigenvalue weighted by molar-refractivity contribution is 9.10. The Kier molecular flexibility index (Phi) is 4.87. The van der Waals surface area contributed by atoms with Crippen molar-refractivity contribution in [3.8, 4) is 0 Å². The summed E-state index contributed by atoms with van der Waals surface area (Å²) in [6.45, 7) is 6.60. The number of aromatic nitrogens is 1. The molecule has 1 aromatic rings. The molecule has 15 heavy (non-hydrogen) atoms. The molecule has 2 atom stereocenters. The van der Waals surface area contributed by atoms with Crippen LogP contribution in [0.3, 0.4) is 0 Å². The molecule has 1 N–H and O–H groups in total. The molecule has 4 heteroatoms. The first-order valence-corrected chi connectivity index (χ1v) is 6.29. The van der Waals surface area contributed by atoms with Crippen molar-refractivity contribution < 1.29 is 0 Å². The predicted molar refractivity (Wildman–Crippen MR) is 69.5 cm³/mol. The van der Waals surface area contributed by atoms with Gasteiger partial charge in [-0.15, -0.1) is 0 Å². The number of halogens is 2. The van der Waals surface area contributed by atoms with Crippen molar-refractivity contribution >= 4 is 33.2 Å².